The second kappa shape index (κ2) is 3.87. The van der Waals surface area contributed by atoms with E-state index in [1.165, 1.54) is 23.4 Å². The smallest absolute Gasteiger partial charge is 0.265 e. The maximum atomic E-state index is 11.6. The first-order chi connectivity index (χ1) is 7.27. The standard InChI is InChI=1S/C9H9N5O/c1-7-2-3-12-14(7)13-9(15)8-6-10-4-5-11-8/h2-6H,1H3,(H,13,15). The van der Waals surface area contributed by atoms with Crippen molar-refractivity contribution in [1.29, 1.82) is 0 Å². The van der Waals surface area contributed by atoms with Gasteiger partial charge < -0.3 is 0 Å². The fourth-order valence-corrected chi connectivity index (χ4v) is 1.06. The molecule has 0 saturated carbocycles. The quantitative estimate of drug-likeness (QED) is 0.765. The average Bonchev–Trinajstić information content (AvgIpc) is 2.66. The molecule has 0 aliphatic rings. The van der Waals surface area contributed by atoms with Crippen molar-refractivity contribution in [3.8, 4) is 0 Å². The first-order valence-electron chi connectivity index (χ1n) is 4.35. The predicted molar refractivity (Wildman–Crippen MR) is 52.7 cm³/mol. The molecule has 0 bridgehead atoms. The predicted octanol–water partition coefficient (Wildman–Crippen LogP) is 0.365. The van der Waals surface area contributed by atoms with Gasteiger partial charge in [-0.1, -0.05) is 0 Å². The number of hydrogen-bond acceptors (Lipinski definition) is 4. The molecule has 0 aromatic carbocycles. The van der Waals surface area contributed by atoms with Crippen molar-refractivity contribution < 1.29 is 4.79 Å². The second-order valence-electron chi connectivity index (χ2n) is 2.92. The molecule has 0 saturated heterocycles. The number of aromatic nitrogens is 4. The van der Waals surface area contributed by atoms with Crippen LogP contribution in [0.3, 0.4) is 0 Å². The molecular weight excluding hydrogens is 194 g/mol. The average molecular weight is 203 g/mol. The highest BCUT2D eigenvalue weighted by Gasteiger charge is 2.07. The Morgan fingerprint density at radius 3 is 2.87 bits per heavy atom. The number of nitrogens with zero attached hydrogens (tertiary/aromatic N) is 4. The molecule has 0 unspecified atom stereocenters. The van der Waals surface area contributed by atoms with E-state index in [1.807, 2.05) is 6.92 Å². The summed E-state index contributed by atoms with van der Waals surface area (Å²) in [5.41, 5.74) is 3.67. The Morgan fingerprint density at radius 1 is 1.40 bits per heavy atom. The molecule has 15 heavy (non-hydrogen) atoms. The summed E-state index contributed by atoms with van der Waals surface area (Å²) in [5, 5.41) is 3.92. The minimum Gasteiger partial charge on any atom is -0.265 e. The maximum Gasteiger partial charge on any atom is 0.291 e. The molecule has 76 valence electrons. The van der Waals surface area contributed by atoms with Crippen LogP contribution in [0.2, 0.25) is 0 Å². The van der Waals surface area contributed by atoms with Crippen molar-refractivity contribution in [3.05, 3.63) is 42.2 Å². The number of rotatable bonds is 2. The summed E-state index contributed by atoms with van der Waals surface area (Å²) < 4.78 is 0. The van der Waals surface area contributed by atoms with E-state index in [-0.39, 0.29) is 11.6 Å². The molecule has 0 aliphatic carbocycles. The number of aryl methyl sites for hydroxylation is 1. The van der Waals surface area contributed by atoms with Crippen LogP contribution in [0.1, 0.15) is 16.2 Å². The van der Waals surface area contributed by atoms with Crippen LogP contribution >= 0.6 is 0 Å². The molecule has 0 aliphatic heterocycles. The lowest BCUT2D eigenvalue weighted by Crippen LogP contribution is -2.25. The van der Waals surface area contributed by atoms with E-state index in [0.29, 0.717) is 0 Å². The molecule has 2 aromatic heterocycles. The summed E-state index contributed by atoms with van der Waals surface area (Å²) in [4.78, 5) is 20.7. The molecule has 1 N–H and O–H groups in total. The molecule has 2 aromatic rings. The van der Waals surface area contributed by atoms with Gasteiger partial charge in [-0.3, -0.25) is 9.78 Å². The maximum absolute atomic E-state index is 11.6. The van der Waals surface area contributed by atoms with Gasteiger partial charge in [0.2, 0.25) is 0 Å². The summed E-state index contributed by atoms with van der Waals surface area (Å²) in [5.74, 6) is -0.338. The molecule has 2 rings (SSSR count). The van der Waals surface area contributed by atoms with E-state index in [0.717, 1.165) is 5.69 Å². The van der Waals surface area contributed by atoms with Crippen LogP contribution in [0.25, 0.3) is 0 Å². The number of hydrogen-bond donors (Lipinski definition) is 1. The minimum absolute atomic E-state index is 0.257. The van der Waals surface area contributed by atoms with Gasteiger partial charge in [-0.2, -0.15) is 9.89 Å². The van der Waals surface area contributed by atoms with Gasteiger partial charge in [0.15, 0.2) is 0 Å². The largest absolute Gasteiger partial charge is 0.291 e. The fraction of sp³-hybridized carbons (Fsp3) is 0.111. The van der Waals surface area contributed by atoms with Gasteiger partial charge in [-0.05, 0) is 13.0 Å². The zero-order valence-corrected chi connectivity index (χ0v) is 8.08. The van der Waals surface area contributed by atoms with Crippen LogP contribution in [0.4, 0.5) is 0 Å². The van der Waals surface area contributed by atoms with Crippen molar-refractivity contribution in [2.45, 2.75) is 6.92 Å². The monoisotopic (exact) mass is 203 g/mol. The fourth-order valence-electron chi connectivity index (χ4n) is 1.06. The molecule has 6 heteroatoms. The Balaban J connectivity index is 2.15. The van der Waals surface area contributed by atoms with Crippen molar-refractivity contribution in [2.24, 2.45) is 0 Å². The molecule has 0 radical (unpaired) electrons. The molecule has 6 nitrogen and oxygen atoms in total. The molecule has 2 heterocycles. The zero-order chi connectivity index (χ0) is 10.7. The van der Waals surface area contributed by atoms with E-state index < -0.39 is 0 Å². The number of carbonyl (C=O) groups is 1. The van der Waals surface area contributed by atoms with Crippen LogP contribution in [-0.4, -0.2) is 25.8 Å². The van der Waals surface area contributed by atoms with Gasteiger partial charge in [0.05, 0.1) is 18.1 Å². The van der Waals surface area contributed by atoms with Gasteiger partial charge in [-0.25, -0.2) is 10.4 Å². The van der Waals surface area contributed by atoms with Gasteiger partial charge >= 0.3 is 0 Å². The number of carbonyl (C=O) groups excluding carboxylic acids is 1. The van der Waals surface area contributed by atoms with Crippen LogP contribution in [0, 0.1) is 6.92 Å². The van der Waals surface area contributed by atoms with Crippen molar-refractivity contribution >= 4 is 5.91 Å². The topological polar surface area (TPSA) is 72.7 Å². The summed E-state index contributed by atoms with van der Waals surface area (Å²) in [6.45, 7) is 1.84. The van der Waals surface area contributed by atoms with E-state index in [2.05, 4.69) is 20.5 Å². The highest BCUT2D eigenvalue weighted by atomic mass is 16.2. The Kier molecular flexibility index (Phi) is 2.40. The van der Waals surface area contributed by atoms with Gasteiger partial charge in [0.25, 0.3) is 5.91 Å². The van der Waals surface area contributed by atoms with E-state index >= 15 is 0 Å². The second-order valence-corrected chi connectivity index (χ2v) is 2.92. The number of nitrogens with one attached hydrogen (secondary N) is 1. The first kappa shape index (κ1) is 9.32. The first-order valence-corrected chi connectivity index (χ1v) is 4.35. The highest BCUT2D eigenvalue weighted by Crippen LogP contribution is 1.95. The minimum atomic E-state index is -0.338. The zero-order valence-electron chi connectivity index (χ0n) is 8.08. The molecular formula is C9H9N5O. The van der Waals surface area contributed by atoms with Gasteiger partial charge in [-0.15, -0.1) is 0 Å². The van der Waals surface area contributed by atoms with Crippen LogP contribution in [0.5, 0.6) is 0 Å². The summed E-state index contributed by atoms with van der Waals surface area (Å²) in [7, 11) is 0. The van der Waals surface area contributed by atoms with Crippen molar-refractivity contribution in [1.82, 2.24) is 19.9 Å². The van der Waals surface area contributed by atoms with Gasteiger partial charge in [0, 0.05) is 12.4 Å². The van der Waals surface area contributed by atoms with Gasteiger partial charge in [0.1, 0.15) is 5.69 Å². The molecule has 0 spiro atoms. The molecule has 0 atom stereocenters. The van der Waals surface area contributed by atoms with E-state index in [1.54, 1.807) is 12.3 Å². The third-order valence-corrected chi connectivity index (χ3v) is 1.84. The Bertz CT molecular complexity index is 464. The van der Waals surface area contributed by atoms with Crippen LogP contribution < -0.4 is 5.43 Å². The normalized spacial score (nSPS) is 9.93. The number of amides is 1. The van der Waals surface area contributed by atoms with Crippen molar-refractivity contribution in [2.75, 3.05) is 5.43 Å². The van der Waals surface area contributed by atoms with Crippen LogP contribution in [-0.2, 0) is 0 Å². The SMILES string of the molecule is Cc1ccnn1NC(=O)c1cnccn1. The lowest BCUT2D eigenvalue weighted by Gasteiger charge is -2.05. The third-order valence-electron chi connectivity index (χ3n) is 1.84. The Morgan fingerprint density at radius 2 is 2.27 bits per heavy atom. The highest BCUT2D eigenvalue weighted by molar-refractivity contribution is 5.97. The molecule has 0 fully saturated rings. The lowest BCUT2D eigenvalue weighted by molar-refractivity contribution is 0.0999. The molecule has 1 amide bonds. The van der Waals surface area contributed by atoms with Crippen LogP contribution in [0.15, 0.2) is 30.9 Å². The Labute approximate surface area is 85.9 Å². The summed E-state index contributed by atoms with van der Waals surface area (Å²) >= 11 is 0. The van der Waals surface area contributed by atoms with E-state index in [4.69, 9.17) is 0 Å². The summed E-state index contributed by atoms with van der Waals surface area (Å²) in [6, 6.07) is 1.79. The Hall–Kier alpha value is -2.24. The van der Waals surface area contributed by atoms with E-state index in [9.17, 15) is 4.79 Å². The lowest BCUT2D eigenvalue weighted by atomic mass is 10.4. The third kappa shape index (κ3) is 1.98. The summed E-state index contributed by atoms with van der Waals surface area (Å²) in [6.07, 6.45) is 5.97. The van der Waals surface area contributed by atoms with Crippen molar-refractivity contribution in [3.63, 3.8) is 0 Å².